The molecule has 0 saturated heterocycles. The summed E-state index contributed by atoms with van der Waals surface area (Å²) in [5, 5.41) is 10.4. The van der Waals surface area contributed by atoms with Crippen LogP contribution < -0.4 is 4.74 Å². The number of aryl methyl sites for hydroxylation is 1. The second-order valence-electron chi connectivity index (χ2n) is 6.90. The molecule has 4 rings (SSSR count). The number of fused-ring (bicyclic) bond motifs is 1. The molecule has 0 spiro atoms. The van der Waals surface area contributed by atoms with Crippen LogP contribution in [0.25, 0.3) is 11.0 Å². The van der Waals surface area contributed by atoms with Crippen LogP contribution >= 0.6 is 0 Å². The molecule has 1 aliphatic rings. The molecule has 1 N–H and O–H groups in total. The molecule has 2 unspecified atom stereocenters. The lowest BCUT2D eigenvalue weighted by atomic mass is 9.99. The molecule has 4 nitrogen and oxygen atoms in total. The van der Waals surface area contributed by atoms with Crippen molar-refractivity contribution in [2.24, 2.45) is 0 Å². The first-order chi connectivity index (χ1) is 12.7. The molecular weight excluding hydrogens is 324 g/mol. The Hall–Kier alpha value is -2.59. The molecule has 1 aliphatic carbocycles. The first kappa shape index (κ1) is 16.9. The van der Waals surface area contributed by atoms with E-state index in [0.717, 1.165) is 29.0 Å². The molecule has 0 saturated carbocycles. The first-order valence-corrected chi connectivity index (χ1v) is 9.20. The highest BCUT2D eigenvalue weighted by atomic mass is 16.5. The normalized spacial score (nSPS) is 17.7. The summed E-state index contributed by atoms with van der Waals surface area (Å²) < 4.78 is 7.82. The second-order valence-corrected chi connectivity index (χ2v) is 6.90. The maximum Gasteiger partial charge on any atom is 0.119 e. The lowest BCUT2D eigenvalue weighted by Crippen LogP contribution is -2.24. The van der Waals surface area contributed by atoms with Crippen molar-refractivity contribution in [1.82, 2.24) is 9.55 Å². The molecule has 26 heavy (non-hydrogen) atoms. The molecule has 0 radical (unpaired) electrons. The van der Waals surface area contributed by atoms with Crippen molar-refractivity contribution in [1.29, 1.82) is 0 Å². The third-order valence-electron chi connectivity index (χ3n) is 5.00. The molecule has 1 aromatic heterocycles. The van der Waals surface area contributed by atoms with Gasteiger partial charge in [-0.05, 0) is 49.6 Å². The van der Waals surface area contributed by atoms with Crippen molar-refractivity contribution < 1.29 is 9.84 Å². The smallest absolute Gasteiger partial charge is 0.119 e. The van der Waals surface area contributed by atoms with Gasteiger partial charge in [-0.2, -0.15) is 0 Å². The molecule has 3 aromatic rings. The molecule has 0 amide bonds. The fraction of sp³-hybridized carbons (Fsp3) is 0.318. The zero-order chi connectivity index (χ0) is 17.9. The molecule has 134 valence electrons. The number of ether oxygens (including phenoxy) is 1. The average Bonchev–Trinajstić information content (AvgIpc) is 3.29. The number of nitrogens with zero attached hydrogens (tertiary/aromatic N) is 2. The average molecular weight is 348 g/mol. The van der Waals surface area contributed by atoms with Crippen LogP contribution in [0.3, 0.4) is 0 Å². The van der Waals surface area contributed by atoms with E-state index < -0.39 is 6.10 Å². The summed E-state index contributed by atoms with van der Waals surface area (Å²) in [6, 6.07) is 16.2. The largest absolute Gasteiger partial charge is 0.491 e. The Kier molecular flexibility index (Phi) is 4.76. The van der Waals surface area contributed by atoms with Crippen LogP contribution in [-0.2, 0) is 6.54 Å². The number of hydrogen-bond acceptors (Lipinski definition) is 3. The van der Waals surface area contributed by atoms with E-state index in [2.05, 4.69) is 29.3 Å². The minimum Gasteiger partial charge on any atom is -0.491 e. The SMILES string of the molecule is Cc1nc2ccccc2n1CC(O)COc1ccc(C2C=CCC2)cc1. The Morgan fingerprint density at radius 3 is 2.77 bits per heavy atom. The van der Waals surface area contributed by atoms with E-state index in [1.54, 1.807) is 0 Å². The minimum atomic E-state index is -0.594. The topological polar surface area (TPSA) is 47.3 Å². The van der Waals surface area contributed by atoms with Crippen LogP contribution in [0.2, 0.25) is 0 Å². The molecular formula is C22H24N2O2. The molecule has 0 bridgehead atoms. The number of benzene rings is 2. The quantitative estimate of drug-likeness (QED) is 0.679. The van der Waals surface area contributed by atoms with Gasteiger partial charge in [0.25, 0.3) is 0 Å². The van der Waals surface area contributed by atoms with Gasteiger partial charge < -0.3 is 14.4 Å². The van der Waals surface area contributed by atoms with Gasteiger partial charge in [-0.15, -0.1) is 0 Å². The van der Waals surface area contributed by atoms with Gasteiger partial charge in [0.2, 0.25) is 0 Å². The van der Waals surface area contributed by atoms with E-state index in [-0.39, 0.29) is 6.61 Å². The Morgan fingerprint density at radius 1 is 1.19 bits per heavy atom. The standard InChI is InChI=1S/C22H24N2O2/c1-16-23-21-8-4-5-9-22(21)24(16)14-19(25)15-26-20-12-10-18(11-13-20)17-6-2-3-7-17/h2,4-6,8-13,17,19,25H,3,7,14-15H2,1H3. The van der Waals surface area contributed by atoms with Gasteiger partial charge in [-0.25, -0.2) is 4.98 Å². The van der Waals surface area contributed by atoms with E-state index in [1.807, 2.05) is 47.9 Å². The van der Waals surface area contributed by atoms with Crippen molar-refractivity contribution in [3.8, 4) is 5.75 Å². The number of rotatable bonds is 6. The summed E-state index contributed by atoms with van der Waals surface area (Å²) in [5.74, 6) is 2.23. The molecule has 2 atom stereocenters. The minimum absolute atomic E-state index is 0.259. The fourth-order valence-electron chi connectivity index (χ4n) is 3.60. The van der Waals surface area contributed by atoms with E-state index in [0.29, 0.717) is 12.5 Å². The van der Waals surface area contributed by atoms with Crippen molar-refractivity contribution in [3.05, 3.63) is 72.1 Å². The van der Waals surface area contributed by atoms with Gasteiger partial charge in [0.1, 0.15) is 24.3 Å². The zero-order valence-corrected chi connectivity index (χ0v) is 15.0. The third kappa shape index (κ3) is 3.51. The summed E-state index contributed by atoms with van der Waals surface area (Å²) in [7, 11) is 0. The zero-order valence-electron chi connectivity index (χ0n) is 15.0. The summed E-state index contributed by atoms with van der Waals surface area (Å²) in [5.41, 5.74) is 3.32. The number of hydrogen-bond donors (Lipinski definition) is 1. The summed E-state index contributed by atoms with van der Waals surface area (Å²) in [6.07, 6.45) is 6.28. The second kappa shape index (κ2) is 7.34. The number of aromatic nitrogens is 2. The molecule has 0 aliphatic heterocycles. The Labute approximate surface area is 153 Å². The van der Waals surface area contributed by atoms with Crippen LogP contribution in [0.5, 0.6) is 5.75 Å². The van der Waals surface area contributed by atoms with Gasteiger partial charge in [-0.3, -0.25) is 0 Å². The van der Waals surface area contributed by atoms with Crippen LogP contribution in [0.1, 0.15) is 30.1 Å². The van der Waals surface area contributed by atoms with Crippen LogP contribution in [0.4, 0.5) is 0 Å². The maximum atomic E-state index is 10.4. The number of para-hydroxylation sites is 2. The van der Waals surface area contributed by atoms with Gasteiger partial charge in [-0.1, -0.05) is 36.4 Å². The molecule has 2 aromatic carbocycles. The Morgan fingerprint density at radius 2 is 2.00 bits per heavy atom. The van der Waals surface area contributed by atoms with Crippen molar-refractivity contribution in [3.63, 3.8) is 0 Å². The fourth-order valence-corrected chi connectivity index (χ4v) is 3.60. The Bertz CT molecular complexity index is 912. The van der Waals surface area contributed by atoms with Gasteiger partial charge in [0.15, 0.2) is 0 Å². The third-order valence-corrected chi connectivity index (χ3v) is 5.00. The molecule has 4 heteroatoms. The summed E-state index contributed by atoms with van der Waals surface area (Å²) in [4.78, 5) is 4.54. The van der Waals surface area contributed by atoms with Gasteiger partial charge >= 0.3 is 0 Å². The molecule has 0 fully saturated rings. The van der Waals surface area contributed by atoms with Crippen molar-refractivity contribution >= 4 is 11.0 Å². The van der Waals surface area contributed by atoms with E-state index in [1.165, 1.54) is 12.0 Å². The lowest BCUT2D eigenvalue weighted by molar-refractivity contribution is 0.0929. The number of imidazole rings is 1. The van der Waals surface area contributed by atoms with Crippen molar-refractivity contribution in [2.75, 3.05) is 6.61 Å². The van der Waals surface area contributed by atoms with Crippen molar-refractivity contribution in [2.45, 2.75) is 38.3 Å². The van der Waals surface area contributed by atoms with Gasteiger partial charge in [0, 0.05) is 5.92 Å². The van der Waals surface area contributed by atoms with Crippen LogP contribution in [0.15, 0.2) is 60.7 Å². The summed E-state index contributed by atoms with van der Waals surface area (Å²) >= 11 is 0. The van der Waals surface area contributed by atoms with Crippen LogP contribution in [0, 0.1) is 6.92 Å². The van der Waals surface area contributed by atoms with E-state index in [9.17, 15) is 5.11 Å². The number of aliphatic hydroxyl groups is 1. The van der Waals surface area contributed by atoms with E-state index >= 15 is 0 Å². The number of allylic oxidation sites excluding steroid dienone is 2. The molecule has 1 heterocycles. The lowest BCUT2D eigenvalue weighted by Gasteiger charge is -2.15. The highest BCUT2D eigenvalue weighted by Gasteiger charge is 2.14. The maximum absolute atomic E-state index is 10.4. The highest BCUT2D eigenvalue weighted by Crippen LogP contribution is 2.29. The number of aliphatic hydroxyl groups excluding tert-OH is 1. The van der Waals surface area contributed by atoms with E-state index in [4.69, 9.17) is 4.74 Å². The Balaban J connectivity index is 1.37. The monoisotopic (exact) mass is 348 g/mol. The highest BCUT2D eigenvalue weighted by molar-refractivity contribution is 5.75. The van der Waals surface area contributed by atoms with Gasteiger partial charge in [0.05, 0.1) is 17.6 Å². The predicted octanol–water partition coefficient (Wildman–Crippen LogP) is 4.22. The van der Waals surface area contributed by atoms with Crippen LogP contribution in [-0.4, -0.2) is 27.4 Å². The predicted molar refractivity (Wildman–Crippen MR) is 104 cm³/mol. The first-order valence-electron chi connectivity index (χ1n) is 9.20. The summed E-state index contributed by atoms with van der Waals surface area (Å²) in [6.45, 7) is 2.69.